The van der Waals surface area contributed by atoms with E-state index in [-0.39, 0.29) is 0 Å². The Kier molecular flexibility index (Phi) is 3.54. The lowest BCUT2D eigenvalue weighted by Gasteiger charge is -2.07. The molecule has 0 fully saturated rings. The number of hydrogen-bond donors (Lipinski definition) is 1. The predicted octanol–water partition coefficient (Wildman–Crippen LogP) is 2.28. The third kappa shape index (κ3) is 3.14. The Balaban J connectivity index is 1.91. The summed E-state index contributed by atoms with van der Waals surface area (Å²) in [6.07, 6.45) is 4.58. The Morgan fingerprint density at radius 1 is 1.47 bits per heavy atom. The lowest BCUT2D eigenvalue weighted by molar-refractivity contribution is 0.322. The molecule has 1 aromatic carbocycles. The van der Waals surface area contributed by atoms with Crippen molar-refractivity contribution in [2.24, 2.45) is 7.05 Å². The summed E-state index contributed by atoms with van der Waals surface area (Å²) in [6, 6.07) is 5.21. The number of halogens is 1. The monoisotopic (exact) mass is 251 g/mol. The van der Waals surface area contributed by atoms with Crippen molar-refractivity contribution >= 4 is 17.3 Å². The third-order valence-corrected chi connectivity index (χ3v) is 2.67. The number of nitrogen functional groups attached to an aromatic ring is 1. The molecule has 1 heterocycles. The molecule has 0 unspecified atom stereocenters. The number of benzene rings is 1. The quantitative estimate of drug-likeness (QED) is 0.849. The molecule has 4 nitrogen and oxygen atoms in total. The van der Waals surface area contributed by atoms with Crippen LogP contribution in [-0.4, -0.2) is 16.4 Å². The van der Waals surface area contributed by atoms with Gasteiger partial charge in [0.1, 0.15) is 5.75 Å². The molecule has 2 N–H and O–H groups in total. The molecule has 0 amide bonds. The van der Waals surface area contributed by atoms with E-state index < -0.39 is 0 Å². The lowest BCUT2D eigenvalue weighted by atomic mass is 10.2. The minimum atomic E-state index is 0.550. The first-order chi connectivity index (χ1) is 8.15. The number of aryl methyl sites for hydroxylation is 1. The number of anilines is 1. The second kappa shape index (κ2) is 5.10. The van der Waals surface area contributed by atoms with Gasteiger partial charge in [-0.15, -0.1) is 0 Å². The van der Waals surface area contributed by atoms with Gasteiger partial charge in [0.05, 0.1) is 17.8 Å². The molecule has 0 bridgehead atoms. The second-order valence-corrected chi connectivity index (χ2v) is 4.22. The molecule has 0 atom stereocenters. The Labute approximate surface area is 105 Å². The molecule has 1 aromatic heterocycles. The number of nitrogens with two attached hydrogens (primary N) is 1. The van der Waals surface area contributed by atoms with E-state index in [4.69, 9.17) is 22.1 Å². The van der Waals surface area contributed by atoms with Gasteiger partial charge in [0.25, 0.3) is 0 Å². The minimum absolute atomic E-state index is 0.550. The number of aromatic nitrogens is 2. The zero-order valence-corrected chi connectivity index (χ0v) is 10.3. The standard InChI is InChI=1S/C12H14ClN3O/c1-16-8-9(7-15-16)4-5-17-12-6-10(14)2-3-11(12)13/h2-3,6-8H,4-5,14H2,1H3. The molecule has 0 saturated heterocycles. The molecular weight excluding hydrogens is 238 g/mol. The van der Waals surface area contributed by atoms with E-state index in [9.17, 15) is 0 Å². The van der Waals surface area contributed by atoms with E-state index >= 15 is 0 Å². The zero-order chi connectivity index (χ0) is 12.3. The second-order valence-electron chi connectivity index (χ2n) is 3.81. The Hall–Kier alpha value is -1.68. The van der Waals surface area contributed by atoms with Crippen molar-refractivity contribution in [2.45, 2.75) is 6.42 Å². The van der Waals surface area contributed by atoms with Crippen LogP contribution in [-0.2, 0) is 13.5 Å². The van der Waals surface area contributed by atoms with Gasteiger partial charge in [0, 0.05) is 31.4 Å². The first kappa shape index (κ1) is 11.8. The van der Waals surface area contributed by atoms with Gasteiger partial charge in [-0.3, -0.25) is 4.68 Å². The Morgan fingerprint density at radius 3 is 3.00 bits per heavy atom. The molecule has 0 aliphatic carbocycles. The number of hydrogen-bond acceptors (Lipinski definition) is 3. The minimum Gasteiger partial charge on any atom is -0.492 e. The van der Waals surface area contributed by atoms with Gasteiger partial charge in [-0.05, 0) is 17.7 Å². The summed E-state index contributed by atoms with van der Waals surface area (Å²) in [5, 5.41) is 4.66. The van der Waals surface area contributed by atoms with Crippen molar-refractivity contribution in [2.75, 3.05) is 12.3 Å². The van der Waals surface area contributed by atoms with E-state index in [0.717, 1.165) is 12.0 Å². The van der Waals surface area contributed by atoms with Gasteiger partial charge >= 0.3 is 0 Å². The van der Waals surface area contributed by atoms with Crippen LogP contribution in [0.1, 0.15) is 5.56 Å². The average Bonchev–Trinajstić information content (AvgIpc) is 2.69. The van der Waals surface area contributed by atoms with Gasteiger partial charge in [-0.1, -0.05) is 11.6 Å². The van der Waals surface area contributed by atoms with Crippen LogP contribution in [0.2, 0.25) is 5.02 Å². The van der Waals surface area contributed by atoms with Gasteiger partial charge in [-0.25, -0.2) is 0 Å². The Morgan fingerprint density at radius 2 is 2.29 bits per heavy atom. The van der Waals surface area contributed by atoms with Gasteiger partial charge in [-0.2, -0.15) is 5.10 Å². The van der Waals surface area contributed by atoms with Crippen LogP contribution in [0.3, 0.4) is 0 Å². The van der Waals surface area contributed by atoms with E-state index in [0.29, 0.717) is 23.1 Å². The summed E-state index contributed by atoms with van der Waals surface area (Å²) in [5.74, 6) is 0.621. The van der Waals surface area contributed by atoms with E-state index in [1.807, 2.05) is 19.4 Å². The number of nitrogens with zero attached hydrogens (tertiary/aromatic N) is 2. The average molecular weight is 252 g/mol. The van der Waals surface area contributed by atoms with Crippen molar-refractivity contribution in [1.82, 2.24) is 9.78 Å². The molecule has 2 rings (SSSR count). The zero-order valence-electron chi connectivity index (χ0n) is 9.56. The van der Waals surface area contributed by atoms with Gasteiger partial charge in [0.15, 0.2) is 0 Å². The first-order valence-electron chi connectivity index (χ1n) is 5.30. The summed E-state index contributed by atoms with van der Waals surface area (Å²) in [6.45, 7) is 0.550. The fraction of sp³-hybridized carbons (Fsp3) is 0.250. The van der Waals surface area contributed by atoms with E-state index in [1.165, 1.54) is 0 Å². The van der Waals surface area contributed by atoms with E-state index in [1.54, 1.807) is 22.9 Å². The highest BCUT2D eigenvalue weighted by atomic mass is 35.5. The predicted molar refractivity (Wildman–Crippen MR) is 68.3 cm³/mol. The normalized spacial score (nSPS) is 10.5. The van der Waals surface area contributed by atoms with Crippen molar-refractivity contribution in [1.29, 1.82) is 0 Å². The molecule has 17 heavy (non-hydrogen) atoms. The highest BCUT2D eigenvalue weighted by Gasteiger charge is 2.02. The van der Waals surface area contributed by atoms with Crippen molar-refractivity contribution in [3.63, 3.8) is 0 Å². The molecular formula is C12H14ClN3O. The highest BCUT2D eigenvalue weighted by molar-refractivity contribution is 6.32. The van der Waals surface area contributed by atoms with Crippen molar-refractivity contribution in [3.8, 4) is 5.75 Å². The largest absolute Gasteiger partial charge is 0.492 e. The molecule has 0 radical (unpaired) electrons. The van der Waals surface area contributed by atoms with Gasteiger partial charge < -0.3 is 10.5 Å². The number of ether oxygens (including phenoxy) is 1. The van der Waals surface area contributed by atoms with Crippen LogP contribution >= 0.6 is 11.6 Å². The highest BCUT2D eigenvalue weighted by Crippen LogP contribution is 2.26. The third-order valence-electron chi connectivity index (χ3n) is 2.36. The van der Waals surface area contributed by atoms with Gasteiger partial charge in [0.2, 0.25) is 0 Å². The summed E-state index contributed by atoms with van der Waals surface area (Å²) in [7, 11) is 1.89. The van der Waals surface area contributed by atoms with Crippen molar-refractivity contribution < 1.29 is 4.74 Å². The molecule has 90 valence electrons. The molecule has 0 spiro atoms. The molecule has 0 aliphatic rings. The molecule has 0 aliphatic heterocycles. The van der Waals surface area contributed by atoms with Crippen LogP contribution < -0.4 is 10.5 Å². The SMILES string of the molecule is Cn1cc(CCOc2cc(N)ccc2Cl)cn1. The topological polar surface area (TPSA) is 53.1 Å². The fourth-order valence-corrected chi connectivity index (χ4v) is 1.68. The lowest BCUT2D eigenvalue weighted by Crippen LogP contribution is -2.01. The van der Waals surface area contributed by atoms with Crippen LogP contribution in [0.15, 0.2) is 30.6 Å². The Bertz CT molecular complexity index is 510. The molecule has 0 saturated carbocycles. The maximum atomic E-state index is 5.99. The smallest absolute Gasteiger partial charge is 0.139 e. The van der Waals surface area contributed by atoms with Crippen LogP contribution in [0.5, 0.6) is 5.75 Å². The summed E-state index contributed by atoms with van der Waals surface area (Å²) in [4.78, 5) is 0. The summed E-state index contributed by atoms with van der Waals surface area (Å²) >= 11 is 5.99. The molecule has 5 heteroatoms. The maximum absolute atomic E-state index is 5.99. The van der Waals surface area contributed by atoms with E-state index in [2.05, 4.69) is 5.10 Å². The first-order valence-corrected chi connectivity index (χ1v) is 5.68. The summed E-state index contributed by atoms with van der Waals surface area (Å²) in [5.41, 5.74) is 7.44. The summed E-state index contributed by atoms with van der Waals surface area (Å²) < 4.78 is 7.35. The maximum Gasteiger partial charge on any atom is 0.139 e. The molecule has 2 aromatic rings. The van der Waals surface area contributed by atoms with Crippen LogP contribution in [0.4, 0.5) is 5.69 Å². The van der Waals surface area contributed by atoms with Crippen LogP contribution in [0.25, 0.3) is 0 Å². The van der Waals surface area contributed by atoms with Crippen molar-refractivity contribution in [3.05, 3.63) is 41.2 Å². The van der Waals surface area contributed by atoms with Crippen LogP contribution in [0, 0.1) is 0 Å². The fourth-order valence-electron chi connectivity index (χ4n) is 1.51. The number of rotatable bonds is 4.